The van der Waals surface area contributed by atoms with E-state index in [-0.39, 0.29) is 0 Å². The molecular weight excluding hydrogens is 320 g/mol. The van der Waals surface area contributed by atoms with Crippen molar-refractivity contribution >= 4 is 12.2 Å². The summed E-state index contributed by atoms with van der Waals surface area (Å²) < 4.78 is 10.3. The highest BCUT2D eigenvalue weighted by atomic mass is 16.6. The number of amides is 2. The quantitative estimate of drug-likeness (QED) is 0.454. The molecule has 0 bridgehead atoms. The number of alkyl carbamates (subject to hydrolysis) is 2. The third-order valence-corrected chi connectivity index (χ3v) is 3.62. The molecule has 0 atom stereocenters. The van der Waals surface area contributed by atoms with Gasteiger partial charge >= 0.3 is 12.2 Å². The highest BCUT2D eigenvalue weighted by Crippen LogP contribution is 2.10. The molecule has 0 saturated carbocycles. The van der Waals surface area contributed by atoms with Crippen LogP contribution in [0.4, 0.5) is 9.59 Å². The van der Waals surface area contributed by atoms with Gasteiger partial charge in [0.15, 0.2) is 0 Å². The van der Waals surface area contributed by atoms with Crippen molar-refractivity contribution < 1.29 is 19.1 Å². The van der Waals surface area contributed by atoms with Crippen LogP contribution in [0, 0.1) is 0 Å². The number of nitrogens with one attached hydrogen (secondary N) is 2. The van der Waals surface area contributed by atoms with Crippen LogP contribution in [0.15, 0.2) is 30.3 Å². The van der Waals surface area contributed by atoms with E-state index in [2.05, 4.69) is 24.5 Å². The summed E-state index contributed by atoms with van der Waals surface area (Å²) in [6.45, 7) is 4.90. The van der Waals surface area contributed by atoms with E-state index < -0.39 is 18.4 Å². The van der Waals surface area contributed by atoms with E-state index in [1.807, 2.05) is 30.3 Å². The van der Waals surface area contributed by atoms with Crippen LogP contribution in [-0.2, 0) is 9.47 Å². The van der Waals surface area contributed by atoms with E-state index in [4.69, 9.17) is 9.47 Å². The maximum absolute atomic E-state index is 11.9. The molecule has 0 heterocycles. The largest absolute Gasteiger partial charge is 0.450 e. The second kappa shape index (κ2) is 13.1. The molecule has 0 aliphatic rings. The lowest BCUT2D eigenvalue weighted by Crippen LogP contribution is -2.41. The highest BCUT2D eigenvalue weighted by Gasteiger charge is 2.18. The fourth-order valence-electron chi connectivity index (χ4n) is 2.20. The Morgan fingerprint density at radius 3 is 1.76 bits per heavy atom. The van der Waals surface area contributed by atoms with E-state index in [9.17, 15) is 9.59 Å². The summed E-state index contributed by atoms with van der Waals surface area (Å²) >= 11 is 0. The van der Waals surface area contributed by atoms with Gasteiger partial charge in [-0.3, -0.25) is 10.6 Å². The fourth-order valence-corrected chi connectivity index (χ4v) is 2.20. The summed E-state index contributed by atoms with van der Waals surface area (Å²) in [7, 11) is 0. The minimum atomic E-state index is -0.696. The van der Waals surface area contributed by atoms with Crippen LogP contribution in [0.1, 0.15) is 64.1 Å². The first-order valence-corrected chi connectivity index (χ1v) is 9.08. The SMILES string of the molecule is CCCCCOC(=O)NC(NC(=O)OCCCCC)c1ccccc1. The van der Waals surface area contributed by atoms with Crippen molar-refractivity contribution in [1.82, 2.24) is 10.6 Å². The molecular formula is C19H30N2O4. The molecule has 140 valence electrons. The summed E-state index contributed by atoms with van der Waals surface area (Å²) in [6.07, 6.45) is 3.98. The Labute approximate surface area is 150 Å². The van der Waals surface area contributed by atoms with Gasteiger partial charge in [-0.15, -0.1) is 0 Å². The average molecular weight is 350 g/mol. The van der Waals surface area contributed by atoms with Crippen LogP contribution in [-0.4, -0.2) is 25.4 Å². The molecule has 0 radical (unpaired) electrons. The molecule has 0 aromatic heterocycles. The summed E-state index contributed by atoms with van der Waals surface area (Å²) in [5, 5.41) is 5.34. The van der Waals surface area contributed by atoms with Crippen LogP contribution < -0.4 is 10.6 Å². The Morgan fingerprint density at radius 1 is 0.840 bits per heavy atom. The highest BCUT2D eigenvalue weighted by molar-refractivity contribution is 5.71. The van der Waals surface area contributed by atoms with E-state index in [0.717, 1.165) is 44.1 Å². The van der Waals surface area contributed by atoms with E-state index in [1.54, 1.807) is 0 Å². The normalized spacial score (nSPS) is 10.4. The number of ether oxygens (including phenoxy) is 2. The zero-order valence-electron chi connectivity index (χ0n) is 15.3. The number of carbonyl (C=O) groups is 2. The van der Waals surface area contributed by atoms with Crippen LogP contribution >= 0.6 is 0 Å². The van der Waals surface area contributed by atoms with Crippen molar-refractivity contribution in [3.63, 3.8) is 0 Å². The van der Waals surface area contributed by atoms with Crippen molar-refractivity contribution in [1.29, 1.82) is 0 Å². The topological polar surface area (TPSA) is 76.7 Å². The molecule has 25 heavy (non-hydrogen) atoms. The van der Waals surface area contributed by atoms with Crippen molar-refractivity contribution in [3.05, 3.63) is 35.9 Å². The maximum atomic E-state index is 11.9. The Hall–Kier alpha value is -2.24. The Kier molecular flexibility index (Phi) is 10.9. The number of benzene rings is 1. The third kappa shape index (κ3) is 9.59. The Morgan fingerprint density at radius 2 is 1.32 bits per heavy atom. The second-order valence-corrected chi connectivity index (χ2v) is 5.82. The van der Waals surface area contributed by atoms with Crippen LogP contribution in [0.2, 0.25) is 0 Å². The lowest BCUT2D eigenvalue weighted by molar-refractivity contribution is 0.127. The first-order chi connectivity index (χ1) is 12.2. The van der Waals surface area contributed by atoms with Gasteiger partial charge in [0, 0.05) is 0 Å². The van der Waals surface area contributed by atoms with Crippen LogP contribution in [0.5, 0.6) is 0 Å². The third-order valence-electron chi connectivity index (χ3n) is 3.62. The van der Waals surface area contributed by atoms with Crippen molar-refractivity contribution in [2.75, 3.05) is 13.2 Å². The summed E-state index contributed by atoms with van der Waals surface area (Å²) in [6, 6.07) is 9.18. The fraction of sp³-hybridized carbons (Fsp3) is 0.579. The van der Waals surface area contributed by atoms with Gasteiger partial charge in [-0.1, -0.05) is 69.9 Å². The zero-order valence-corrected chi connectivity index (χ0v) is 15.3. The molecule has 1 rings (SSSR count). The molecule has 6 nitrogen and oxygen atoms in total. The predicted molar refractivity (Wildman–Crippen MR) is 97.2 cm³/mol. The molecule has 0 fully saturated rings. The summed E-state index contributed by atoms with van der Waals surface area (Å²) in [5.41, 5.74) is 0.749. The molecule has 0 spiro atoms. The smallest absolute Gasteiger partial charge is 0.409 e. The standard InChI is InChI=1S/C19H30N2O4/c1-3-5-10-14-24-18(22)20-17(16-12-8-7-9-13-16)21-19(23)25-15-11-6-4-2/h7-9,12-13,17H,3-6,10-11,14-15H2,1-2H3,(H,20,22)(H,21,23). The van der Waals surface area contributed by atoms with E-state index in [0.29, 0.717) is 13.2 Å². The molecule has 0 saturated heterocycles. The first-order valence-electron chi connectivity index (χ1n) is 9.08. The van der Waals surface area contributed by atoms with Gasteiger partial charge in [-0.25, -0.2) is 9.59 Å². The van der Waals surface area contributed by atoms with Gasteiger partial charge in [0.25, 0.3) is 0 Å². The van der Waals surface area contributed by atoms with Gasteiger partial charge in [0.2, 0.25) is 0 Å². The number of rotatable bonds is 11. The van der Waals surface area contributed by atoms with Gasteiger partial charge in [-0.2, -0.15) is 0 Å². The monoisotopic (exact) mass is 350 g/mol. The summed E-state index contributed by atoms with van der Waals surface area (Å²) in [4.78, 5) is 23.9. The van der Waals surface area contributed by atoms with E-state index >= 15 is 0 Å². The number of hydrogen-bond acceptors (Lipinski definition) is 4. The van der Waals surface area contributed by atoms with Gasteiger partial charge < -0.3 is 9.47 Å². The zero-order chi connectivity index (χ0) is 18.3. The van der Waals surface area contributed by atoms with Crippen molar-refractivity contribution in [2.24, 2.45) is 0 Å². The van der Waals surface area contributed by atoms with Gasteiger partial charge in [-0.05, 0) is 18.4 Å². The molecule has 1 aromatic rings. The molecule has 1 aromatic carbocycles. The number of hydrogen-bond donors (Lipinski definition) is 2. The molecule has 6 heteroatoms. The summed E-state index contributed by atoms with van der Waals surface area (Å²) in [5.74, 6) is 0. The van der Waals surface area contributed by atoms with E-state index in [1.165, 1.54) is 0 Å². The predicted octanol–water partition coefficient (Wildman–Crippen LogP) is 4.52. The van der Waals surface area contributed by atoms with Gasteiger partial charge in [0.05, 0.1) is 13.2 Å². The Balaban J connectivity index is 2.52. The van der Waals surface area contributed by atoms with Crippen LogP contribution in [0.3, 0.4) is 0 Å². The van der Waals surface area contributed by atoms with Crippen molar-refractivity contribution in [3.8, 4) is 0 Å². The molecule has 0 unspecified atom stereocenters. The van der Waals surface area contributed by atoms with Gasteiger partial charge in [0.1, 0.15) is 6.17 Å². The molecule has 2 amide bonds. The maximum Gasteiger partial charge on any atom is 0.409 e. The average Bonchev–Trinajstić information content (AvgIpc) is 2.62. The lowest BCUT2D eigenvalue weighted by atomic mass is 10.2. The minimum absolute atomic E-state index is 0.364. The minimum Gasteiger partial charge on any atom is -0.450 e. The second-order valence-electron chi connectivity index (χ2n) is 5.82. The Bertz CT molecular complexity index is 467. The number of unbranched alkanes of at least 4 members (excludes halogenated alkanes) is 4. The molecule has 0 aliphatic heterocycles. The first kappa shape index (κ1) is 20.8. The van der Waals surface area contributed by atoms with Crippen molar-refractivity contribution in [2.45, 2.75) is 58.5 Å². The number of carbonyl (C=O) groups excluding carboxylic acids is 2. The molecule has 2 N–H and O–H groups in total. The van der Waals surface area contributed by atoms with Crippen LogP contribution in [0.25, 0.3) is 0 Å². The molecule has 0 aliphatic carbocycles. The lowest BCUT2D eigenvalue weighted by Gasteiger charge is -2.20.